The van der Waals surface area contributed by atoms with Crippen LogP contribution in [0.3, 0.4) is 0 Å². The molecule has 0 saturated heterocycles. The topological polar surface area (TPSA) is 51.2 Å². The highest BCUT2D eigenvalue weighted by molar-refractivity contribution is 9.10. The summed E-state index contributed by atoms with van der Waals surface area (Å²) in [6.07, 6.45) is 3.65. The maximum Gasteiger partial charge on any atom is 0.148 e. The van der Waals surface area contributed by atoms with Gasteiger partial charge in [0.1, 0.15) is 11.3 Å². The molecule has 3 nitrogen and oxygen atoms in total. The van der Waals surface area contributed by atoms with E-state index in [1.165, 1.54) is 0 Å². The Morgan fingerprint density at radius 2 is 2.35 bits per heavy atom. The highest BCUT2D eigenvalue weighted by atomic mass is 79.9. The van der Waals surface area contributed by atoms with E-state index in [0.717, 1.165) is 34.0 Å². The molecule has 0 radical (unpaired) electrons. The third-order valence-corrected chi connectivity index (χ3v) is 3.34. The number of furan rings is 1. The second-order valence-corrected chi connectivity index (χ2v) is 4.75. The second-order valence-electron chi connectivity index (χ2n) is 3.89. The van der Waals surface area contributed by atoms with E-state index >= 15 is 0 Å². The molecule has 0 spiro atoms. The van der Waals surface area contributed by atoms with Gasteiger partial charge < -0.3 is 4.42 Å². The maximum atomic E-state index is 5.83. The van der Waals surface area contributed by atoms with Gasteiger partial charge >= 0.3 is 0 Å². The summed E-state index contributed by atoms with van der Waals surface area (Å²) in [5.74, 6) is 6.41. The van der Waals surface area contributed by atoms with Gasteiger partial charge in [0, 0.05) is 5.39 Å². The molecule has 17 heavy (non-hydrogen) atoms. The summed E-state index contributed by atoms with van der Waals surface area (Å²) in [5, 5.41) is 1.08. The molecule has 2 aromatic rings. The average Bonchev–Trinajstić information content (AvgIpc) is 2.75. The lowest BCUT2D eigenvalue weighted by Crippen LogP contribution is -2.27. The Balaban J connectivity index is 2.34. The molecular weight excluding hydrogens is 280 g/mol. The van der Waals surface area contributed by atoms with Crippen LogP contribution in [0, 0.1) is 0 Å². The molecule has 3 N–H and O–H groups in total. The minimum Gasteiger partial charge on any atom is -0.458 e. The quantitative estimate of drug-likeness (QED) is 0.503. The zero-order valence-corrected chi connectivity index (χ0v) is 11.0. The van der Waals surface area contributed by atoms with Crippen molar-refractivity contribution in [2.24, 2.45) is 5.84 Å². The predicted octanol–water partition coefficient (Wildman–Crippen LogP) is 3.67. The monoisotopic (exact) mass is 294 g/mol. The maximum absolute atomic E-state index is 5.83. The van der Waals surface area contributed by atoms with Crippen LogP contribution < -0.4 is 11.3 Å². The molecule has 0 bridgehead atoms. The van der Waals surface area contributed by atoms with Gasteiger partial charge in [0.05, 0.1) is 10.5 Å². The summed E-state index contributed by atoms with van der Waals surface area (Å²) in [7, 11) is 0. The Morgan fingerprint density at radius 1 is 1.53 bits per heavy atom. The fourth-order valence-electron chi connectivity index (χ4n) is 1.81. The number of allylic oxidation sites excluding steroid dienone is 1. The predicted molar refractivity (Wildman–Crippen MR) is 73.4 cm³/mol. The number of hydrogen-bond acceptors (Lipinski definition) is 3. The molecule has 0 amide bonds. The fourth-order valence-corrected chi connectivity index (χ4v) is 2.27. The molecular formula is C13H15BrN2O. The van der Waals surface area contributed by atoms with Gasteiger partial charge in [-0.25, -0.2) is 5.43 Å². The Labute approximate surface area is 109 Å². The van der Waals surface area contributed by atoms with E-state index in [1.54, 1.807) is 0 Å². The first-order chi connectivity index (χ1) is 8.26. The molecule has 90 valence electrons. The van der Waals surface area contributed by atoms with Crippen molar-refractivity contribution < 1.29 is 4.42 Å². The van der Waals surface area contributed by atoms with Gasteiger partial charge in [-0.1, -0.05) is 18.2 Å². The molecule has 0 aliphatic rings. The standard InChI is InChI=1S/C13H15BrN2O/c1-2-3-7-11(16-15)12-8-9-5-4-6-10(14)13(9)17-12/h2,4-6,8,11,16H,1,3,7,15H2. The first-order valence-electron chi connectivity index (χ1n) is 5.51. The third kappa shape index (κ3) is 2.60. The van der Waals surface area contributed by atoms with Crippen LogP contribution in [0.2, 0.25) is 0 Å². The molecule has 1 atom stereocenters. The van der Waals surface area contributed by atoms with E-state index in [-0.39, 0.29) is 6.04 Å². The van der Waals surface area contributed by atoms with Gasteiger partial charge in [-0.15, -0.1) is 6.58 Å². The zero-order valence-electron chi connectivity index (χ0n) is 9.45. The highest BCUT2D eigenvalue weighted by Crippen LogP contribution is 2.30. The summed E-state index contributed by atoms with van der Waals surface area (Å²) in [6, 6.07) is 8.01. The van der Waals surface area contributed by atoms with Crippen LogP contribution in [0.15, 0.2) is 45.8 Å². The van der Waals surface area contributed by atoms with E-state index < -0.39 is 0 Å². The SMILES string of the molecule is C=CCCC(NN)c1cc2cccc(Br)c2o1. The van der Waals surface area contributed by atoms with Crippen LogP contribution in [-0.4, -0.2) is 0 Å². The molecule has 4 heteroatoms. The van der Waals surface area contributed by atoms with E-state index in [0.29, 0.717) is 0 Å². The second kappa shape index (κ2) is 5.49. The van der Waals surface area contributed by atoms with Crippen molar-refractivity contribution in [2.45, 2.75) is 18.9 Å². The Hall–Kier alpha value is -1.10. The summed E-state index contributed by atoms with van der Waals surface area (Å²) >= 11 is 3.47. The molecule has 2 rings (SSSR count). The minimum absolute atomic E-state index is 0.0206. The zero-order chi connectivity index (χ0) is 12.3. The van der Waals surface area contributed by atoms with E-state index in [4.69, 9.17) is 10.3 Å². The van der Waals surface area contributed by atoms with E-state index in [2.05, 4.69) is 27.9 Å². The van der Waals surface area contributed by atoms with Crippen LogP contribution >= 0.6 is 15.9 Å². The number of fused-ring (bicyclic) bond motifs is 1. The van der Waals surface area contributed by atoms with Crippen molar-refractivity contribution in [3.63, 3.8) is 0 Å². The van der Waals surface area contributed by atoms with Crippen molar-refractivity contribution in [1.29, 1.82) is 0 Å². The fraction of sp³-hybridized carbons (Fsp3) is 0.231. The molecule has 1 unspecified atom stereocenters. The van der Waals surface area contributed by atoms with Gasteiger partial charge in [0.25, 0.3) is 0 Å². The largest absolute Gasteiger partial charge is 0.458 e. The summed E-state index contributed by atoms with van der Waals surface area (Å²) in [4.78, 5) is 0. The number of nitrogens with two attached hydrogens (primary N) is 1. The molecule has 0 aliphatic heterocycles. The van der Waals surface area contributed by atoms with Crippen LogP contribution in [0.4, 0.5) is 0 Å². The van der Waals surface area contributed by atoms with Gasteiger partial charge in [0.2, 0.25) is 0 Å². The molecule has 1 aromatic carbocycles. The summed E-state index contributed by atoms with van der Waals surface area (Å²) in [5.41, 5.74) is 3.64. The highest BCUT2D eigenvalue weighted by Gasteiger charge is 2.15. The van der Waals surface area contributed by atoms with Crippen LogP contribution in [-0.2, 0) is 0 Å². The van der Waals surface area contributed by atoms with Crippen molar-refractivity contribution in [1.82, 2.24) is 5.43 Å². The van der Waals surface area contributed by atoms with Crippen LogP contribution in [0.1, 0.15) is 24.6 Å². The first-order valence-corrected chi connectivity index (χ1v) is 6.30. The number of hydrogen-bond donors (Lipinski definition) is 2. The number of para-hydroxylation sites is 1. The van der Waals surface area contributed by atoms with Gasteiger partial charge in [0.15, 0.2) is 0 Å². The Morgan fingerprint density at radius 3 is 3.00 bits per heavy atom. The first kappa shape index (κ1) is 12.4. The van der Waals surface area contributed by atoms with E-state index in [1.807, 2.05) is 30.3 Å². The number of hydrazine groups is 1. The molecule has 0 fully saturated rings. The molecule has 1 aromatic heterocycles. The smallest absolute Gasteiger partial charge is 0.148 e. The molecule has 1 heterocycles. The number of halogens is 1. The normalized spacial score (nSPS) is 12.8. The van der Waals surface area contributed by atoms with Gasteiger partial charge in [-0.05, 0) is 40.9 Å². The molecule has 0 saturated carbocycles. The van der Waals surface area contributed by atoms with Crippen LogP contribution in [0.5, 0.6) is 0 Å². The number of rotatable bonds is 5. The Bertz CT molecular complexity index is 521. The van der Waals surface area contributed by atoms with Gasteiger partial charge in [-0.2, -0.15) is 0 Å². The number of benzene rings is 1. The molecule has 0 aliphatic carbocycles. The van der Waals surface area contributed by atoms with Crippen LogP contribution in [0.25, 0.3) is 11.0 Å². The van der Waals surface area contributed by atoms with Crippen molar-refractivity contribution in [3.05, 3.63) is 47.2 Å². The third-order valence-electron chi connectivity index (χ3n) is 2.72. The lowest BCUT2D eigenvalue weighted by Gasteiger charge is -2.11. The minimum atomic E-state index is 0.0206. The van der Waals surface area contributed by atoms with E-state index in [9.17, 15) is 0 Å². The summed E-state index contributed by atoms with van der Waals surface area (Å²) in [6.45, 7) is 3.71. The van der Waals surface area contributed by atoms with Crippen molar-refractivity contribution >= 4 is 26.9 Å². The van der Waals surface area contributed by atoms with Gasteiger partial charge in [-0.3, -0.25) is 5.84 Å². The van der Waals surface area contributed by atoms with Crippen molar-refractivity contribution in [2.75, 3.05) is 0 Å². The lowest BCUT2D eigenvalue weighted by molar-refractivity contribution is 0.418. The van der Waals surface area contributed by atoms with Crippen molar-refractivity contribution in [3.8, 4) is 0 Å². The summed E-state index contributed by atoms with van der Waals surface area (Å²) < 4.78 is 6.78. The Kier molecular flexibility index (Phi) is 3.99. The number of nitrogens with one attached hydrogen (secondary N) is 1. The average molecular weight is 295 g/mol. The lowest BCUT2D eigenvalue weighted by atomic mass is 10.1.